The Morgan fingerprint density at radius 2 is 1.89 bits per heavy atom. The van der Waals surface area contributed by atoms with Crippen LogP contribution in [0.3, 0.4) is 0 Å². The van der Waals surface area contributed by atoms with E-state index in [-0.39, 0.29) is 12.1 Å². The Balaban J connectivity index is 1.59. The predicted octanol–water partition coefficient (Wildman–Crippen LogP) is 5.66. The molecule has 0 spiro atoms. The molecular formula is C26H23BrN4O4S2. The Bertz CT molecular complexity index is 1540. The number of hydrogen-bond donors (Lipinski definition) is 2. The summed E-state index contributed by atoms with van der Waals surface area (Å²) in [4.78, 5) is 6.50. The molecule has 37 heavy (non-hydrogen) atoms. The Labute approximate surface area is 228 Å². The molecule has 2 aromatic heterocycles. The van der Waals surface area contributed by atoms with Gasteiger partial charge >= 0.3 is 0 Å². The summed E-state index contributed by atoms with van der Waals surface area (Å²) in [6, 6.07) is 22.0. The van der Waals surface area contributed by atoms with Crippen LogP contribution in [0.5, 0.6) is 5.75 Å². The molecule has 8 nitrogen and oxygen atoms in total. The van der Waals surface area contributed by atoms with Crippen LogP contribution in [0.15, 0.2) is 87.9 Å². The molecular weight excluding hydrogens is 576 g/mol. The Hall–Kier alpha value is -3.41. The number of furan rings is 1. The van der Waals surface area contributed by atoms with Gasteiger partial charge < -0.3 is 19.4 Å². The average molecular weight is 600 g/mol. The van der Waals surface area contributed by atoms with Crippen molar-refractivity contribution >= 4 is 54.7 Å². The molecule has 0 unspecified atom stereocenters. The Kier molecular flexibility index (Phi) is 6.93. The number of aromatic nitrogens is 1. The molecule has 1 aliphatic rings. The van der Waals surface area contributed by atoms with Crippen molar-refractivity contribution in [2.24, 2.45) is 0 Å². The summed E-state index contributed by atoms with van der Waals surface area (Å²) in [5.41, 5.74) is 2.79. The smallest absolute Gasteiger partial charge is 0.229 e. The van der Waals surface area contributed by atoms with Gasteiger partial charge in [0.05, 0.1) is 30.8 Å². The van der Waals surface area contributed by atoms with Gasteiger partial charge in [-0.3, -0.25) is 9.71 Å². The number of benzene rings is 2. The maximum absolute atomic E-state index is 11.8. The van der Waals surface area contributed by atoms with Gasteiger partial charge in [-0.05, 0) is 60.7 Å². The second kappa shape index (κ2) is 10.2. The molecule has 1 fully saturated rings. The third-order valence-corrected chi connectivity index (χ3v) is 7.34. The predicted molar refractivity (Wildman–Crippen MR) is 151 cm³/mol. The highest BCUT2D eigenvalue weighted by Crippen LogP contribution is 2.44. The number of ether oxygens (including phenoxy) is 1. The fourth-order valence-electron chi connectivity index (χ4n) is 4.32. The molecule has 2 N–H and O–H groups in total. The van der Waals surface area contributed by atoms with Gasteiger partial charge in [0.2, 0.25) is 10.0 Å². The van der Waals surface area contributed by atoms with Gasteiger partial charge in [0.25, 0.3) is 0 Å². The number of sulfonamides is 1. The van der Waals surface area contributed by atoms with Gasteiger partial charge in [-0.1, -0.05) is 34.1 Å². The molecule has 190 valence electrons. The summed E-state index contributed by atoms with van der Waals surface area (Å²) in [7, 11) is -2.00. The number of rotatable bonds is 7. The van der Waals surface area contributed by atoms with Crippen LogP contribution in [0.2, 0.25) is 0 Å². The van der Waals surface area contributed by atoms with Gasteiger partial charge in [0.15, 0.2) is 5.11 Å². The summed E-state index contributed by atoms with van der Waals surface area (Å²) < 4.78 is 39.0. The number of hydrogen-bond acceptors (Lipinski definition) is 6. The van der Waals surface area contributed by atoms with Crippen LogP contribution in [-0.4, -0.2) is 31.9 Å². The third-order valence-electron chi connectivity index (χ3n) is 5.90. The second-order valence-electron chi connectivity index (χ2n) is 8.46. The van der Waals surface area contributed by atoms with Gasteiger partial charge in [-0.25, -0.2) is 8.42 Å². The van der Waals surface area contributed by atoms with Crippen molar-refractivity contribution in [2.45, 2.75) is 12.1 Å². The van der Waals surface area contributed by atoms with Crippen LogP contribution >= 0.6 is 28.1 Å². The van der Waals surface area contributed by atoms with Crippen LogP contribution in [-0.2, 0) is 10.0 Å². The van der Waals surface area contributed by atoms with Gasteiger partial charge in [-0.2, -0.15) is 0 Å². The molecule has 0 radical (unpaired) electrons. The summed E-state index contributed by atoms with van der Waals surface area (Å²) in [6.07, 6.45) is 2.83. The zero-order valence-electron chi connectivity index (χ0n) is 19.9. The SMILES string of the molecule is COc1cc(N2C(=S)N[C@@H](c3ccccn3)[C@H]2c2ccc(-c3ccc(Br)cc3)o2)ccc1NS(C)(=O)=O. The van der Waals surface area contributed by atoms with Crippen LogP contribution < -0.4 is 19.7 Å². The molecule has 0 saturated carbocycles. The number of anilines is 2. The van der Waals surface area contributed by atoms with E-state index in [1.807, 2.05) is 59.5 Å². The van der Waals surface area contributed by atoms with Crippen LogP contribution in [0, 0.1) is 0 Å². The maximum atomic E-state index is 11.8. The van der Waals surface area contributed by atoms with Crippen molar-refractivity contribution in [1.82, 2.24) is 10.3 Å². The molecule has 0 aliphatic carbocycles. The number of pyridine rings is 1. The van der Waals surface area contributed by atoms with E-state index in [1.54, 1.807) is 24.4 Å². The van der Waals surface area contributed by atoms with E-state index in [9.17, 15) is 8.42 Å². The number of halogens is 1. The first-order valence-electron chi connectivity index (χ1n) is 11.3. The lowest BCUT2D eigenvalue weighted by Gasteiger charge is -2.26. The normalized spacial score (nSPS) is 17.5. The lowest BCUT2D eigenvalue weighted by Crippen LogP contribution is -2.29. The van der Waals surface area contributed by atoms with Crippen molar-refractivity contribution in [3.8, 4) is 17.1 Å². The van der Waals surface area contributed by atoms with Crippen LogP contribution in [0.1, 0.15) is 23.5 Å². The highest BCUT2D eigenvalue weighted by Gasteiger charge is 2.42. The summed E-state index contributed by atoms with van der Waals surface area (Å²) in [6.45, 7) is 0. The lowest BCUT2D eigenvalue weighted by molar-refractivity contribution is 0.416. The first-order chi connectivity index (χ1) is 17.7. The summed E-state index contributed by atoms with van der Waals surface area (Å²) in [5.74, 6) is 1.78. The summed E-state index contributed by atoms with van der Waals surface area (Å²) >= 11 is 9.25. The van der Waals surface area contributed by atoms with Crippen molar-refractivity contribution < 1.29 is 17.6 Å². The molecule has 11 heteroatoms. The molecule has 4 aromatic rings. The molecule has 3 heterocycles. The van der Waals surface area contributed by atoms with Crippen molar-refractivity contribution in [1.29, 1.82) is 0 Å². The van der Waals surface area contributed by atoms with E-state index in [2.05, 4.69) is 31.0 Å². The molecule has 0 amide bonds. The van der Waals surface area contributed by atoms with Crippen LogP contribution in [0.25, 0.3) is 11.3 Å². The van der Waals surface area contributed by atoms with Crippen LogP contribution in [0.4, 0.5) is 11.4 Å². The first kappa shape index (κ1) is 25.2. The van der Waals surface area contributed by atoms with E-state index in [0.717, 1.165) is 27.7 Å². The Morgan fingerprint density at radius 3 is 2.57 bits per heavy atom. The third kappa shape index (κ3) is 5.34. The largest absolute Gasteiger partial charge is 0.494 e. The monoisotopic (exact) mass is 598 g/mol. The van der Waals surface area contributed by atoms with Gasteiger partial charge in [0.1, 0.15) is 23.3 Å². The van der Waals surface area contributed by atoms with E-state index in [0.29, 0.717) is 28.0 Å². The van der Waals surface area contributed by atoms with Crippen molar-refractivity contribution in [3.05, 3.63) is 94.9 Å². The quantitative estimate of drug-likeness (QED) is 0.263. The number of thiocarbonyl (C=S) groups is 1. The van der Waals surface area contributed by atoms with Gasteiger partial charge in [0, 0.05) is 28.0 Å². The molecule has 2 atom stereocenters. The molecule has 1 aliphatic heterocycles. The van der Waals surface area contributed by atoms with Gasteiger partial charge in [-0.15, -0.1) is 0 Å². The number of nitrogens with one attached hydrogen (secondary N) is 2. The number of methoxy groups -OCH3 is 1. The van der Waals surface area contributed by atoms with E-state index in [4.69, 9.17) is 21.4 Å². The average Bonchev–Trinajstić information content (AvgIpc) is 3.49. The van der Waals surface area contributed by atoms with Crippen molar-refractivity contribution in [2.75, 3.05) is 23.0 Å². The highest BCUT2D eigenvalue weighted by molar-refractivity contribution is 9.10. The Morgan fingerprint density at radius 1 is 1.11 bits per heavy atom. The van der Waals surface area contributed by atoms with Crippen molar-refractivity contribution in [3.63, 3.8) is 0 Å². The zero-order chi connectivity index (χ0) is 26.2. The fraction of sp³-hybridized carbons (Fsp3) is 0.154. The molecule has 1 saturated heterocycles. The summed E-state index contributed by atoms with van der Waals surface area (Å²) in [5, 5.41) is 3.87. The standard InChI is InChI=1S/C26H23BrN4O4S2/c1-34-23-15-18(10-11-19(23)30-37(2,32)33)31-25(24(29-26(31)36)20-5-3-4-14-28-20)22-13-12-21(35-22)16-6-8-17(27)9-7-16/h3-15,24-25,30H,1-2H3,(H,29,36)/t24-,25+/m0/s1. The highest BCUT2D eigenvalue weighted by atomic mass is 79.9. The van der Waals surface area contributed by atoms with E-state index < -0.39 is 10.0 Å². The minimum atomic E-state index is -3.49. The topological polar surface area (TPSA) is 96.7 Å². The zero-order valence-corrected chi connectivity index (χ0v) is 23.1. The molecule has 2 aromatic carbocycles. The maximum Gasteiger partial charge on any atom is 0.229 e. The second-order valence-corrected chi connectivity index (χ2v) is 11.5. The molecule has 0 bridgehead atoms. The van der Waals surface area contributed by atoms with E-state index >= 15 is 0 Å². The van der Waals surface area contributed by atoms with E-state index in [1.165, 1.54) is 7.11 Å². The minimum absolute atomic E-state index is 0.294. The lowest BCUT2D eigenvalue weighted by atomic mass is 10.0. The first-order valence-corrected chi connectivity index (χ1v) is 14.3. The molecule has 5 rings (SSSR count). The minimum Gasteiger partial charge on any atom is -0.494 e. The number of nitrogens with zero attached hydrogens (tertiary/aromatic N) is 2. The fourth-order valence-corrected chi connectivity index (χ4v) is 5.50.